The first kappa shape index (κ1) is 23.1. The molecule has 2 heterocycles. The van der Waals surface area contributed by atoms with Crippen LogP contribution < -0.4 is 14.5 Å². The molecule has 174 valence electrons. The van der Waals surface area contributed by atoms with Crippen LogP contribution in [0, 0.1) is 6.92 Å². The van der Waals surface area contributed by atoms with Gasteiger partial charge in [0.1, 0.15) is 11.6 Å². The van der Waals surface area contributed by atoms with E-state index < -0.39 is 0 Å². The molecule has 6 nitrogen and oxygen atoms in total. The largest absolute Gasteiger partial charge is 0.491 e. The molecule has 0 aliphatic carbocycles. The minimum Gasteiger partial charge on any atom is -0.491 e. The van der Waals surface area contributed by atoms with Gasteiger partial charge >= 0.3 is 0 Å². The van der Waals surface area contributed by atoms with E-state index in [4.69, 9.17) is 4.74 Å². The van der Waals surface area contributed by atoms with Crippen LogP contribution in [-0.4, -0.2) is 61.2 Å². The summed E-state index contributed by atoms with van der Waals surface area (Å²) >= 11 is 0. The van der Waals surface area contributed by atoms with Gasteiger partial charge in [0.25, 0.3) is 0 Å². The van der Waals surface area contributed by atoms with Crippen LogP contribution >= 0.6 is 0 Å². The zero-order chi connectivity index (χ0) is 23.2. The van der Waals surface area contributed by atoms with Gasteiger partial charge in [0.05, 0.1) is 17.8 Å². The SMILES string of the molecule is C=CN(C)c1cccc(CCN2CCN(c3cccc4nc(C)ncc34)CC2)c1OCCC. The second-order valence-electron chi connectivity index (χ2n) is 8.61. The van der Waals surface area contributed by atoms with Crippen LogP contribution in [0.2, 0.25) is 0 Å². The standard InChI is InChI=1S/C27H35N5O/c1-5-19-33-27-22(9-7-12-26(27)30(4)6-2)13-14-31-15-17-32(18-16-31)25-11-8-10-24-23(25)20-28-21(3)29-24/h6-12,20H,2,5,13-19H2,1,3-4H3. The number of aryl methyl sites for hydroxylation is 1. The lowest BCUT2D eigenvalue weighted by Gasteiger charge is -2.36. The molecule has 0 radical (unpaired) electrons. The van der Waals surface area contributed by atoms with Crippen LogP contribution in [0.4, 0.5) is 11.4 Å². The van der Waals surface area contributed by atoms with Crippen LogP contribution in [0.15, 0.2) is 55.4 Å². The topological polar surface area (TPSA) is 44.7 Å². The van der Waals surface area contributed by atoms with E-state index in [0.29, 0.717) is 0 Å². The van der Waals surface area contributed by atoms with Gasteiger partial charge in [-0.25, -0.2) is 9.97 Å². The molecule has 1 aliphatic rings. The smallest absolute Gasteiger partial charge is 0.146 e. The maximum atomic E-state index is 6.18. The van der Waals surface area contributed by atoms with Gasteiger partial charge in [0.2, 0.25) is 0 Å². The normalized spacial score (nSPS) is 14.5. The lowest BCUT2D eigenvalue weighted by Crippen LogP contribution is -2.47. The molecule has 0 N–H and O–H groups in total. The third-order valence-corrected chi connectivity index (χ3v) is 6.31. The fourth-order valence-corrected chi connectivity index (χ4v) is 4.41. The molecule has 0 bridgehead atoms. The number of piperazine rings is 1. The average Bonchev–Trinajstić information content (AvgIpc) is 2.85. The van der Waals surface area contributed by atoms with E-state index >= 15 is 0 Å². The summed E-state index contributed by atoms with van der Waals surface area (Å²) in [5, 5.41) is 1.14. The fourth-order valence-electron chi connectivity index (χ4n) is 4.41. The highest BCUT2D eigenvalue weighted by molar-refractivity contribution is 5.91. The van der Waals surface area contributed by atoms with Crippen LogP contribution in [0.5, 0.6) is 5.75 Å². The zero-order valence-electron chi connectivity index (χ0n) is 20.1. The van der Waals surface area contributed by atoms with E-state index in [1.807, 2.05) is 31.3 Å². The number of benzene rings is 2. The Bertz CT molecular complexity index is 1090. The first-order valence-electron chi connectivity index (χ1n) is 11.9. The van der Waals surface area contributed by atoms with Crippen LogP contribution in [0.25, 0.3) is 10.9 Å². The summed E-state index contributed by atoms with van der Waals surface area (Å²) in [7, 11) is 2.02. The Morgan fingerprint density at radius 2 is 1.91 bits per heavy atom. The summed E-state index contributed by atoms with van der Waals surface area (Å²) in [5.74, 6) is 1.81. The van der Waals surface area contributed by atoms with Gasteiger partial charge in [0, 0.05) is 57.0 Å². The molecule has 0 atom stereocenters. The lowest BCUT2D eigenvalue weighted by atomic mass is 10.1. The number of hydrogen-bond donors (Lipinski definition) is 0. The Balaban J connectivity index is 1.41. The molecule has 0 spiro atoms. The summed E-state index contributed by atoms with van der Waals surface area (Å²) in [4.78, 5) is 16.1. The Labute approximate surface area is 197 Å². The number of nitrogens with zero attached hydrogens (tertiary/aromatic N) is 5. The van der Waals surface area contributed by atoms with Gasteiger partial charge < -0.3 is 14.5 Å². The summed E-state index contributed by atoms with van der Waals surface area (Å²) < 4.78 is 6.18. The van der Waals surface area contributed by atoms with E-state index in [0.717, 1.165) is 80.3 Å². The van der Waals surface area contributed by atoms with Crippen molar-refractivity contribution < 1.29 is 4.74 Å². The van der Waals surface area contributed by atoms with Gasteiger partial charge in [-0.2, -0.15) is 0 Å². The molecule has 1 saturated heterocycles. The molecule has 1 aromatic heterocycles. The molecule has 3 aromatic rings. The third-order valence-electron chi connectivity index (χ3n) is 6.31. The highest BCUT2D eigenvalue weighted by Crippen LogP contribution is 2.33. The van der Waals surface area contributed by atoms with Crippen LogP contribution in [0.1, 0.15) is 24.7 Å². The zero-order valence-corrected chi connectivity index (χ0v) is 20.1. The highest BCUT2D eigenvalue weighted by Gasteiger charge is 2.20. The van der Waals surface area contributed by atoms with Crippen molar-refractivity contribution in [3.8, 4) is 5.75 Å². The molecule has 0 saturated carbocycles. The molecule has 6 heteroatoms. The minimum atomic E-state index is 0.724. The Morgan fingerprint density at radius 1 is 1.12 bits per heavy atom. The quantitative estimate of drug-likeness (QED) is 0.477. The summed E-state index contributed by atoms with van der Waals surface area (Å²) in [6, 6.07) is 12.8. The van der Waals surface area contributed by atoms with Gasteiger partial charge in [-0.1, -0.05) is 31.7 Å². The first-order valence-corrected chi connectivity index (χ1v) is 11.9. The molecular formula is C27H35N5O. The van der Waals surface area contributed by atoms with Gasteiger partial charge in [-0.15, -0.1) is 0 Å². The number of aromatic nitrogens is 2. The molecule has 4 rings (SSSR count). The van der Waals surface area contributed by atoms with Crippen molar-refractivity contribution in [2.24, 2.45) is 0 Å². The number of ether oxygens (including phenoxy) is 1. The van der Waals surface area contributed by atoms with Crippen molar-refractivity contribution in [1.82, 2.24) is 14.9 Å². The van der Waals surface area contributed by atoms with Crippen LogP contribution in [-0.2, 0) is 6.42 Å². The number of anilines is 2. The highest BCUT2D eigenvalue weighted by atomic mass is 16.5. The van der Waals surface area contributed by atoms with E-state index in [1.54, 1.807) is 0 Å². The summed E-state index contributed by atoms with van der Waals surface area (Å²) in [6.45, 7) is 13.8. The van der Waals surface area contributed by atoms with Crippen molar-refractivity contribution in [3.63, 3.8) is 0 Å². The Kier molecular flexibility index (Phi) is 7.45. The molecular weight excluding hydrogens is 410 g/mol. The number of rotatable bonds is 9. The number of hydrogen-bond acceptors (Lipinski definition) is 6. The maximum Gasteiger partial charge on any atom is 0.146 e. The van der Waals surface area contributed by atoms with E-state index in [1.165, 1.54) is 11.3 Å². The molecule has 0 amide bonds. The van der Waals surface area contributed by atoms with Crippen molar-refractivity contribution in [1.29, 1.82) is 0 Å². The third kappa shape index (κ3) is 5.28. The molecule has 1 fully saturated rings. The Hall–Kier alpha value is -3.12. The number of fused-ring (bicyclic) bond motifs is 1. The second-order valence-corrected chi connectivity index (χ2v) is 8.61. The minimum absolute atomic E-state index is 0.724. The predicted octanol–water partition coefficient (Wildman–Crippen LogP) is 4.67. The van der Waals surface area contributed by atoms with E-state index in [2.05, 4.69) is 69.7 Å². The number of para-hydroxylation sites is 1. The summed E-state index contributed by atoms with van der Waals surface area (Å²) in [5.41, 5.74) is 4.60. The van der Waals surface area contributed by atoms with Crippen molar-refractivity contribution in [2.75, 3.05) is 56.2 Å². The lowest BCUT2D eigenvalue weighted by molar-refractivity contribution is 0.258. The van der Waals surface area contributed by atoms with Crippen molar-refractivity contribution in [2.45, 2.75) is 26.7 Å². The molecule has 1 aliphatic heterocycles. The molecule has 2 aromatic carbocycles. The maximum absolute atomic E-state index is 6.18. The molecule has 0 unspecified atom stereocenters. The van der Waals surface area contributed by atoms with E-state index in [-0.39, 0.29) is 0 Å². The van der Waals surface area contributed by atoms with Crippen molar-refractivity contribution >= 4 is 22.3 Å². The van der Waals surface area contributed by atoms with Gasteiger partial charge in [0.15, 0.2) is 0 Å². The predicted molar refractivity (Wildman–Crippen MR) is 137 cm³/mol. The second kappa shape index (κ2) is 10.7. The monoisotopic (exact) mass is 445 g/mol. The molecule has 33 heavy (non-hydrogen) atoms. The van der Waals surface area contributed by atoms with E-state index in [9.17, 15) is 0 Å². The Morgan fingerprint density at radius 3 is 2.67 bits per heavy atom. The fraction of sp³-hybridized carbons (Fsp3) is 0.407. The van der Waals surface area contributed by atoms with Crippen LogP contribution in [0.3, 0.4) is 0 Å². The summed E-state index contributed by atoms with van der Waals surface area (Å²) in [6.07, 6.45) is 5.76. The van der Waals surface area contributed by atoms with Gasteiger partial charge in [-0.3, -0.25) is 4.90 Å². The van der Waals surface area contributed by atoms with Crippen molar-refractivity contribution in [3.05, 3.63) is 66.8 Å². The average molecular weight is 446 g/mol. The first-order chi connectivity index (χ1) is 16.1. The van der Waals surface area contributed by atoms with Gasteiger partial charge in [-0.05, 0) is 49.7 Å².